The van der Waals surface area contributed by atoms with Gasteiger partial charge in [0, 0.05) is 34.1 Å². The van der Waals surface area contributed by atoms with Crippen molar-refractivity contribution in [3.05, 3.63) is 79.7 Å². The Labute approximate surface area is 211 Å². The van der Waals surface area contributed by atoms with Crippen molar-refractivity contribution < 1.29 is 9.53 Å². The van der Waals surface area contributed by atoms with Gasteiger partial charge in [0.05, 0.1) is 29.6 Å². The molecule has 6 rings (SSSR count). The maximum atomic E-state index is 13.4. The summed E-state index contributed by atoms with van der Waals surface area (Å²) < 4.78 is 7.66. The maximum Gasteiger partial charge on any atom is 0.286 e. The van der Waals surface area contributed by atoms with E-state index in [4.69, 9.17) is 33.0 Å². The van der Waals surface area contributed by atoms with Gasteiger partial charge in [0.15, 0.2) is 5.69 Å². The number of halogens is 2. The zero-order valence-corrected chi connectivity index (χ0v) is 20.5. The molecule has 34 heavy (non-hydrogen) atoms. The number of carbonyl (C=O) groups is 1. The van der Waals surface area contributed by atoms with Gasteiger partial charge in [-0.05, 0) is 54.0 Å². The van der Waals surface area contributed by atoms with E-state index < -0.39 is 0 Å². The molecule has 6 nitrogen and oxygen atoms in total. The number of benzene rings is 1. The highest BCUT2D eigenvalue weighted by Crippen LogP contribution is 2.36. The molecule has 0 spiro atoms. The van der Waals surface area contributed by atoms with Crippen LogP contribution in [0.25, 0.3) is 17.3 Å². The number of nitrogens with zero attached hydrogens (tertiary/aromatic N) is 3. The van der Waals surface area contributed by atoms with Crippen molar-refractivity contribution in [3.8, 4) is 5.69 Å². The van der Waals surface area contributed by atoms with Crippen LogP contribution in [0.2, 0.25) is 10.0 Å². The Hall–Kier alpha value is -2.42. The van der Waals surface area contributed by atoms with Crippen LogP contribution in [-0.2, 0) is 11.3 Å². The summed E-state index contributed by atoms with van der Waals surface area (Å²) in [5, 5.41) is 9.81. The first kappa shape index (κ1) is 22.1. The lowest BCUT2D eigenvalue weighted by molar-refractivity contribution is 0.0805. The number of allylic oxidation sites excluding steroid dienone is 1. The van der Waals surface area contributed by atoms with Gasteiger partial charge in [-0.1, -0.05) is 41.4 Å². The third-order valence-corrected chi connectivity index (χ3v) is 7.93. The normalized spacial score (nSPS) is 22.8. The van der Waals surface area contributed by atoms with E-state index >= 15 is 0 Å². The topological polar surface area (TPSA) is 59.4 Å². The van der Waals surface area contributed by atoms with Crippen molar-refractivity contribution in [1.29, 1.82) is 0 Å². The summed E-state index contributed by atoms with van der Waals surface area (Å²) in [6.07, 6.45) is 7.65. The third kappa shape index (κ3) is 4.01. The first-order valence-corrected chi connectivity index (χ1v) is 12.8. The molecule has 1 fully saturated rings. The molecule has 2 aliphatic heterocycles. The van der Waals surface area contributed by atoms with Crippen molar-refractivity contribution in [2.75, 3.05) is 19.7 Å². The molecular formula is C25H22Cl2N4O2S. The number of amides is 1. The SMILES string of the molecule is O=C(NN1CC2C=CCC2C1)c1nn(-c2ccc(Cl)cc2Cl)c2c1COCC2=Cc1cccs1. The van der Waals surface area contributed by atoms with E-state index in [-0.39, 0.29) is 5.91 Å². The van der Waals surface area contributed by atoms with Crippen LogP contribution >= 0.6 is 34.5 Å². The molecule has 1 aromatic carbocycles. The van der Waals surface area contributed by atoms with Crippen LogP contribution in [0.5, 0.6) is 0 Å². The molecule has 0 saturated carbocycles. The van der Waals surface area contributed by atoms with E-state index in [2.05, 4.69) is 23.7 Å². The summed E-state index contributed by atoms with van der Waals surface area (Å²) >= 11 is 14.4. The number of hydrazine groups is 1. The number of nitrogens with one attached hydrogen (secondary N) is 1. The van der Waals surface area contributed by atoms with Gasteiger partial charge in [-0.25, -0.2) is 9.69 Å². The van der Waals surface area contributed by atoms with Crippen LogP contribution in [0, 0.1) is 11.8 Å². The number of fused-ring (bicyclic) bond motifs is 2. The molecular weight excluding hydrogens is 491 g/mol. The second kappa shape index (κ2) is 8.98. The van der Waals surface area contributed by atoms with Gasteiger partial charge in [-0.15, -0.1) is 11.3 Å². The summed E-state index contributed by atoms with van der Waals surface area (Å²) in [4.78, 5) is 14.5. The predicted molar refractivity (Wildman–Crippen MR) is 135 cm³/mol. The Bertz CT molecular complexity index is 1310. The molecule has 0 bridgehead atoms. The first-order valence-electron chi connectivity index (χ1n) is 11.2. The smallest absolute Gasteiger partial charge is 0.286 e. The molecule has 1 amide bonds. The Morgan fingerprint density at radius 2 is 2.15 bits per heavy atom. The lowest BCUT2D eigenvalue weighted by Crippen LogP contribution is -2.41. The fourth-order valence-corrected chi connectivity index (χ4v) is 6.16. The van der Waals surface area contributed by atoms with E-state index in [1.54, 1.807) is 28.2 Å². The molecule has 3 aromatic rings. The van der Waals surface area contributed by atoms with Crippen molar-refractivity contribution >= 4 is 52.1 Å². The van der Waals surface area contributed by atoms with Crippen LogP contribution in [0.15, 0.2) is 47.9 Å². The molecule has 174 valence electrons. The zero-order chi connectivity index (χ0) is 23.2. The fraction of sp³-hybridized carbons (Fsp3) is 0.280. The van der Waals surface area contributed by atoms with Gasteiger partial charge in [0.25, 0.3) is 5.91 Å². The number of hydrogen-bond acceptors (Lipinski definition) is 5. The molecule has 2 unspecified atom stereocenters. The van der Waals surface area contributed by atoms with E-state index in [1.165, 1.54) is 0 Å². The van der Waals surface area contributed by atoms with Gasteiger partial charge in [0.2, 0.25) is 0 Å². The first-order chi connectivity index (χ1) is 16.6. The molecule has 2 aromatic heterocycles. The van der Waals surface area contributed by atoms with Crippen molar-refractivity contribution in [3.63, 3.8) is 0 Å². The number of thiophene rings is 1. The number of ether oxygens (including phenoxy) is 1. The molecule has 1 saturated heterocycles. The summed E-state index contributed by atoms with van der Waals surface area (Å²) in [6, 6.07) is 9.34. The lowest BCUT2D eigenvalue weighted by atomic mass is 10.0. The average Bonchev–Trinajstić information content (AvgIpc) is 3.58. The van der Waals surface area contributed by atoms with E-state index in [1.807, 2.05) is 28.6 Å². The van der Waals surface area contributed by atoms with Crippen LogP contribution in [0.4, 0.5) is 0 Å². The monoisotopic (exact) mass is 512 g/mol. The Kier molecular flexibility index (Phi) is 5.83. The van der Waals surface area contributed by atoms with Gasteiger partial charge >= 0.3 is 0 Å². The minimum Gasteiger partial charge on any atom is -0.372 e. The number of carbonyl (C=O) groups excluding carboxylic acids is 1. The second-order valence-electron chi connectivity index (χ2n) is 8.79. The minimum absolute atomic E-state index is 0.231. The Morgan fingerprint density at radius 1 is 1.24 bits per heavy atom. The van der Waals surface area contributed by atoms with Crippen molar-refractivity contribution in [1.82, 2.24) is 20.2 Å². The molecule has 1 N–H and O–H groups in total. The van der Waals surface area contributed by atoms with Crippen LogP contribution in [0.3, 0.4) is 0 Å². The van der Waals surface area contributed by atoms with Gasteiger partial charge in [-0.2, -0.15) is 5.10 Å². The van der Waals surface area contributed by atoms with Gasteiger partial charge in [0.1, 0.15) is 0 Å². The molecule has 0 radical (unpaired) electrons. The number of aromatic nitrogens is 2. The summed E-state index contributed by atoms with van der Waals surface area (Å²) in [6.45, 7) is 2.39. The number of hydrogen-bond donors (Lipinski definition) is 1. The largest absolute Gasteiger partial charge is 0.372 e. The molecule has 9 heteroatoms. The fourth-order valence-electron chi connectivity index (χ4n) is 4.99. The van der Waals surface area contributed by atoms with Crippen LogP contribution in [0.1, 0.15) is 33.0 Å². The van der Waals surface area contributed by atoms with Crippen LogP contribution < -0.4 is 5.43 Å². The van der Waals surface area contributed by atoms with Gasteiger partial charge in [-0.3, -0.25) is 10.2 Å². The van der Waals surface area contributed by atoms with E-state index in [9.17, 15) is 4.79 Å². The summed E-state index contributed by atoms with van der Waals surface area (Å²) in [7, 11) is 0. The summed E-state index contributed by atoms with van der Waals surface area (Å²) in [5.41, 5.74) is 6.65. The van der Waals surface area contributed by atoms with Crippen molar-refractivity contribution in [2.45, 2.75) is 13.0 Å². The predicted octanol–water partition coefficient (Wildman–Crippen LogP) is 5.46. The van der Waals surface area contributed by atoms with Crippen molar-refractivity contribution in [2.24, 2.45) is 11.8 Å². The summed E-state index contributed by atoms with van der Waals surface area (Å²) in [5.74, 6) is 0.844. The molecule has 4 heterocycles. The standard InChI is InChI=1S/C25H22Cl2N4O2S/c26-18-6-7-22(21(27)10-18)31-24-17(9-19-5-2-8-34-19)13-33-14-20(24)23(28-31)25(32)29-30-11-15-3-1-4-16(15)12-30/h1-3,5-10,15-16H,4,11-14H2,(H,29,32). The highest BCUT2D eigenvalue weighted by Gasteiger charge is 2.35. The third-order valence-electron chi connectivity index (χ3n) is 6.58. The highest BCUT2D eigenvalue weighted by molar-refractivity contribution is 7.10. The van der Waals surface area contributed by atoms with Crippen LogP contribution in [-0.4, -0.2) is 40.4 Å². The zero-order valence-electron chi connectivity index (χ0n) is 18.2. The van der Waals surface area contributed by atoms with Gasteiger partial charge < -0.3 is 4.74 Å². The highest BCUT2D eigenvalue weighted by atomic mass is 35.5. The molecule has 3 aliphatic rings. The number of rotatable bonds is 4. The maximum absolute atomic E-state index is 13.4. The van der Waals surface area contributed by atoms with E-state index in [0.717, 1.165) is 41.2 Å². The lowest BCUT2D eigenvalue weighted by Gasteiger charge is -2.20. The quantitative estimate of drug-likeness (QED) is 0.471. The van der Waals surface area contributed by atoms with E-state index in [0.29, 0.717) is 46.5 Å². The average molecular weight is 513 g/mol. The Morgan fingerprint density at radius 3 is 2.94 bits per heavy atom. The minimum atomic E-state index is -0.231. The Balaban J connectivity index is 1.41. The molecule has 2 atom stereocenters. The molecule has 1 aliphatic carbocycles. The second-order valence-corrected chi connectivity index (χ2v) is 10.6.